The first-order valence-corrected chi connectivity index (χ1v) is 6.08. The van der Waals surface area contributed by atoms with Gasteiger partial charge >= 0.3 is 11.7 Å². The lowest BCUT2D eigenvalue weighted by atomic mass is 10.2. The first-order valence-electron chi connectivity index (χ1n) is 5.71. The third kappa shape index (κ3) is 3.09. The van der Waals surface area contributed by atoms with Crippen LogP contribution < -0.4 is 4.74 Å². The Morgan fingerprint density at radius 1 is 1.43 bits per heavy atom. The number of carboxylic acid groups (broad SMARTS) is 1. The van der Waals surface area contributed by atoms with Crippen molar-refractivity contribution in [1.29, 1.82) is 0 Å². The molecule has 0 bridgehead atoms. The fourth-order valence-electron chi connectivity index (χ4n) is 1.64. The number of hydrogen-bond acceptors (Lipinski definition) is 5. The third-order valence-electron chi connectivity index (χ3n) is 2.66. The average Bonchev–Trinajstić information content (AvgIpc) is 2.40. The van der Waals surface area contributed by atoms with Crippen molar-refractivity contribution in [2.45, 2.75) is 6.92 Å². The van der Waals surface area contributed by atoms with Crippen molar-refractivity contribution in [3.63, 3.8) is 0 Å². The topological polar surface area (TPSA) is 103 Å². The van der Waals surface area contributed by atoms with Gasteiger partial charge in [-0.15, -0.1) is 0 Å². The Hall–Kier alpha value is -2.67. The summed E-state index contributed by atoms with van der Waals surface area (Å²) in [5.41, 5.74) is 0.109. The number of aryl methyl sites for hydroxylation is 1. The molecule has 0 atom stereocenters. The standard InChI is InChI=1S/C13H9ClN2O5/c1-7-4-5-15-12(11(7)16(19)20)21-10-3-2-8(13(17)18)6-9(10)14/h2-6H,1H3,(H,17,18). The number of nitrogens with zero attached hydrogens (tertiary/aromatic N) is 2. The Balaban J connectivity index is 2.42. The number of halogens is 1. The van der Waals surface area contributed by atoms with Gasteiger partial charge < -0.3 is 9.84 Å². The number of nitro groups is 1. The lowest BCUT2D eigenvalue weighted by Crippen LogP contribution is -2.00. The van der Waals surface area contributed by atoms with Crippen molar-refractivity contribution < 1.29 is 19.6 Å². The number of hydrogen-bond donors (Lipinski definition) is 1. The molecule has 1 heterocycles. The highest BCUT2D eigenvalue weighted by molar-refractivity contribution is 6.32. The molecule has 21 heavy (non-hydrogen) atoms. The molecule has 0 amide bonds. The van der Waals surface area contributed by atoms with Crippen LogP contribution in [-0.4, -0.2) is 21.0 Å². The molecule has 1 N–H and O–H groups in total. The van der Waals surface area contributed by atoms with Gasteiger partial charge in [-0.2, -0.15) is 0 Å². The second-order valence-corrected chi connectivity index (χ2v) is 4.50. The number of aromatic carboxylic acids is 1. The van der Waals surface area contributed by atoms with Gasteiger partial charge in [0.25, 0.3) is 5.88 Å². The van der Waals surface area contributed by atoms with E-state index >= 15 is 0 Å². The van der Waals surface area contributed by atoms with Crippen molar-refractivity contribution >= 4 is 23.3 Å². The summed E-state index contributed by atoms with van der Waals surface area (Å²) in [6.45, 7) is 1.56. The minimum Gasteiger partial charge on any atom is -0.478 e. The molecule has 0 aliphatic heterocycles. The summed E-state index contributed by atoms with van der Waals surface area (Å²) in [6, 6.07) is 5.28. The van der Waals surface area contributed by atoms with E-state index < -0.39 is 10.9 Å². The van der Waals surface area contributed by atoms with E-state index in [4.69, 9.17) is 21.4 Å². The monoisotopic (exact) mass is 308 g/mol. The predicted octanol–water partition coefficient (Wildman–Crippen LogP) is 3.44. The number of benzene rings is 1. The van der Waals surface area contributed by atoms with E-state index in [1.165, 1.54) is 30.5 Å². The van der Waals surface area contributed by atoms with Gasteiger partial charge in [-0.1, -0.05) is 11.6 Å². The van der Waals surface area contributed by atoms with Crippen molar-refractivity contribution in [2.75, 3.05) is 0 Å². The van der Waals surface area contributed by atoms with Crippen LogP contribution in [0, 0.1) is 17.0 Å². The smallest absolute Gasteiger partial charge is 0.335 e. The Labute approximate surface area is 123 Å². The minimum absolute atomic E-state index is 0.0148. The van der Waals surface area contributed by atoms with Gasteiger partial charge in [0.1, 0.15) is 5.75 Å². The summed E-state index contributed by atoms with van der Waals surface area (Å²) in [6.07, 6.45) is 1.37. The fraction of sp³-hybridized carbons (Fsp3) is 0.0769. The van der Waals surface area contributed by atoms with Crippen molar-refractivity contribution in [2.24, 2.45) is 0 Å². The van der Waals surface area contributed by atoms with Gasteiger partial charge in [0.05, 0.1) is 15.5 Å². The maximum absolute atomic E-state index is 11.0. The summed E-state index contributed by atoms with van der Waals surface area (Å²) in [4.78, 5) is 25.1. The zero-order valence-corrected chi connectivity index (χ0v) is 11.5. The summed E-state index contributed by atoms with van der Waals surface area (Å²) in [7, 11) is 0. The van der Waals surface area contributed by atoms with Crippen LogP contribution in [-0.2, 0) is 0 Å². The van der Waals surface area contributed by atoms with Crippen molar-refractivity contribution in [1.82, 2.24) is 4.98 Å². The zero-order valence-electron chi connectivity index (χ0n) is 10.7. The molecule has 0 saturated carbocycles. The van der Waals surface area contributed by atoms with Gasteiger partial charge in [-0.25, -0.2) is 9.78 Å². The van der Waals surface area contributed by atoms with Crippen LogP contribution in [0.4, 0.5) is 5.69 Å². The molecular formula is C13H9ClN2O5. The number of carboxylic acids is 1. The van der Waals surface area contributed by atoms with Gasteiger partial charge in [-0.05, 0) is 31.2 Å². The van der Waals surface area contributed by atoms with Crippen molar-refractivity contribution in [3.05, 3.63) is 56.7 Å². The van der Waals surface area contributed by atoms with E-state index in [9.17, 15) is 14.9 Å². The number of aromatic nitrogens is 1. The molecule has 0 aliphatic rings. The third-order valence-corrected chi connectivity index (χ3v) is 2.96. The van der Waals surface area contributed by atoms with E-state index in [2.05, 4.69) is 4.98 Å². The maximum atomic E-state index is 11.0. The number of rotatable bonds is 4. The molecule has 0 fully saturated rings. The molecule has 1 aromatic heterocycles. The highest BCUT2D eigenvalue weighted by Crippen LogP contribution is 2.35. The van der Waals surface area contributed by atoms with E-state index in [1.807, 2.05) is 0 Å². The lowest BCUT2D eigenvalue weighted by molar-refractivity contribution is -0.386. The van der Waals surface area contributed by atoms with E-state index in [0.29, 0.717) is 5.56 Å². The van der Waals surface area contributed by atoms with E-state index in [1.54, 1.807) is 6.92 Å². The molecule has 2 rings (SSSR count). The van der Waals surface area contributed by atoms with Gasteiger partial charge in [0, 0.05) is 11.8 Å². The highest BCUT2D eigenvalue weighted by atomic mass is 35.5. The first kappa shape index (κ1) is 14.7. The normalized spacial score (nSPS) is 10.2. The molecular weight excluding hydrogens is 300 g/mol. The first-order chi connectivity index (χ1) is 9.90. The molecule has 0 radical (unpaired) electrons. The Morgan fingerprint density at radius 2 is 2.14 bits per heavy atom. The molecule has 7 nitrogen and oxygen atoms in total. The van der Waals surface area contributed by atoms with Crippen molar-refractivity contribution in [3.8, 4) is 11.6 Å². The van der Waals surface area contributed by atoms with Crippen LogP contribution in [0.5, 0.6) is 11.6 Å². The summed E-state index contributed by atoms with van der Waals surface area (Å²) < 4.78 is 5.34. The average molecular weight is 309 g/mol. The Kier molecular flexibility index (Phi) is 4.04. The molecule has 8 heteroatoms. The van der Waals surface area contributed by atoms with Crippen LogP contribution in [0.15, 0.2) is 30.5 Å². The molecule has 0 aliphatic carbocycles. The maximum Gasteiger partial charge on any atom is 0.335 e. The Morgan fingerprint density at radius 3 is 2.71 bits per heavy atom. The molecule has 0 spiro atoms. The van der Waals surface area contributed by atoms with Crippen LogP contribution in [0.2, 0.25) is 5.02 Å². The quantitative estimate of drug-likeness (QED) is 0.685. The molecule has 2 aromatic rings. The van der Waals surface area contributed by atoms with Crippen LogP contribution in [0.1, 0.15) is 15.9 Å². The summed E-state index contributed by atoms with van der Waals surface area (Å²) in [5, 5.41) is 19.9. The molecule has 0 saturated heterocycles. The number of ether oxygens (including phenoxy) is 1. The van der Waals surface area contributed by atoms with E-state index in [0.717, 1.165) is 0 Å². The molecule has 1 aromatic carbocycles. The van der Waals surface area contributed by atoms with Gasteiger partial charge in [0.2, 0.25) is 0 Å². The SMILES string of the molecule is Cc1ccnc(Oc2ccc(C(=O)O)cc2Cl)c1[N+](=O)[O-]. The lowest BCUT2D eigenvalue weighted by Gasteiger charge is -2.08. The van der Waals surface area contributed by atoms with E-state index in [-0.39, 0.29) is 27.9 Å². The second kappa shape index (κ2) is 5.76. The number of pyridine rings is 1. The highest BCUT2D eigenvalue weighted by Gasteiger charge is 2.21. The van der Waals surface area contributed by atoms with Crippen LogP contribution in [0.25, 0.3) is 0 Å². The predicted molar refractivity (Wildman–Crippen MR) is 74.1 cm³/mol. The zero-order chi connectivity index (χ0) is 15.6. The molecule has 108 valence electrons. The summed E-state index contributed by atoms with van der Waals surface area (Å²) in [5.74, 6) is -1.25. The van der Waals surface area contributed by atoms with Crippen LogP contribution in [0.3, 0.4) is 0 Å². The second-order valence-electron chi connectivity index (χ2n) is 4.09. The number of carbonyl (C=O) groups is 1. The molecule has 0 unspecified atom stereocenters. The minimum atomic E-state index is -1.14. The Bertz CT molecular complexity index is 732. The summed E-state index contributed by atoms with van der Waals surface area (Å²) >= 11 is 5.91. The fourth-order valence-corrected chi connectivity index (χ4v) is 1.86. The largest absolute Gasteiger partial charge is 0.478 e. The van der Waals surface area contributed by atoms with Gasteiger partial charge in [0.15, 0.2) is 0 Å². The van der Waals surface area contributed by atoms with Crippen LogP contribution >= 0.6 is 11.6 Å². The van der Waals surface area contributed by atoms with Gasteiger partial charge in [-0.3, -0.25) is 10.1 Å².